The summed E-state index contributed by atoms with van der Waals surface area (Å²) in [5.41, 5.74) is 3.69. The third-order valence-corrected chi connectivity index (χ3v) is 6.54. The largest absolute Gasteiger partial charge is 0.348 e. The summed E-state index contributed by atoms with van der Waals surface area (Å²) in [6, 6.07) is 11.6. The molecular formula is C23H23N5O4S. The molecule has 0 radical (unpaired) electrons. The molecular weight excluding hydrogens is 442 g/mol. The summed E-state index contributed by atoms with van der Waals surface area (Å²) >= 11 is 0. The number of carbonyl (C=O) groups excluding carboxylic acids is 2. The second-order valence-electron chi connectivity index (χ2n) is 7.89. The number of sulfone groups is 1. The maximum Gasteiger partial charge on any atom is 0.324 e. The van der Waals surface area contributed by atoms with Gasteiger partial charge in [-0.15, -0.1) is 0 Å². The summed E-state index contributed by atoms with van der Waals surface area (Å²) in [4.78, 5) is 36.8. The summed E-state index contributed by atoms with van der Waals surface area (Å²) in [5.74, 6) is -0.232. The lowest BCUT2D eigenvalue weighted by Gasteiger charge is -2.35. The first-order valence-electron chi connectivity index (χ1n) is 10.2. The molecule has 4 rings (SSSR count). The number of urea groups is 1. The van der Waals surface area contributed by atoms with E-state index in [1.165, 1.54) is 18.5 Å². The van der Waals surface area contributed by atoms with Gasteiger partial charge in [0.15, 0.2) is 9.84 Å². The standard InChI is InChI=1S/C23H23N5O4S/c1-27-21-8-5-18(22(29)26-12-17-10-24-15-25-11-17)9-19(21)14-28(23(27)30)13-16-3-6-20(7-4-16)33(2,31)32/h3-11,15H,12-14H2,1-2H3,(H,26,29). The predicted octanol–water partition coefficient (Wildman–Crippen LogP) is 2.38. The minimum Gasteiger partial charge on any atom is -0.348 e. The van der Waals surface area contributed by atoms with Crippen molar-refractivity contribution in [2.75, 3.05) is 18.2 Å². The number of carbonyl (C=O) groups is 2. The van der Waals surface area contributed by atoms with Crippen LogP contribution in [0.1, 0.15) is 27.0 Å². The highest BCUT2D eigenvalue weighted by Gasteiger charge is 2.28. The maximum atomic E-state index is 12.9. The molecule has 0 unspecified atom stereocenters. The minimum atomic E-state index is -3.28. The summed E-state index contributed by atoms with van der Waals surface area (Å²) < 4.78 is 23.3. The van der Waals surface area contributed by atoms with Crippen molar-refractivity contribution in [3.63, 3.8) is 0 Å². The smallest absolute Gasteiger partial charge is 0.324 e. The van der Waals surface area contributed by atoms with E-state index >= 15 is 0 Å². The first-order chi connectivity index (χ1) is 15.7. The molecule has 0 saturated heterocycles. The number of rotatable bonds is 6. The van der Waals surface area contributed by atoms with E-state index in [1.807, 2.05) is 0 Å². The van der Waals surface area contributed by atoms with Crippen molar-refractivity contribution in [1.29, 1.82) is 0 Å². The van der Waals surface area contributed by atoms with Crippen LogP contribution in [0.4, 0.5) is 10.5 Å². The first-order valence-corrected chi connectivity index (χ1v) is 12.1. The van der Waals surface area contributed by atoms with Gasteiger partial charge in [0.05, 0.1) is 10.6 Å². The predicted molar refractivity (Wildman–Crippen MR) is 122 cm³/mol. The van der Waals surface area contributed by atoms with Crippen LogP contribution in [-0.2, 0) is 29.5 Å². The molecule has 2 heterocycles. The number of amides is 3. The van der Waals surface area contributed by atoms with Crippen molar-refractivity contribution in [2.45, 2.75) is 24.5 Å². The Morgan fingerprint density at radius 2 is 1.76 bits per heavy atom. The summed E-state index contributed by atoms with van der Waals surface area (Å²) in [7, 11) is -1.59. The van der Waals surface area contributed by atoms with E-state index in [4.69, 9.17) is 0 Å². The van der Waals surface area contributed by atoms with Gasteiger partial charge in [0.2, 0.25) is 0 Å². The van der Waals surface area contributed by atoms with Crippen LogP contribution in [0.3, 0.4) is 0 Å². The number of hydrogen-bond acceptors (Lipinski definition) is 6. The van der Waals surface area contributed by atoms with Crippen molar-refractivity contribution in [2.24, 2.45) is 0 Å². The number of fused-ring (bicyclic) bond motifs is 1. The van der Waals surface area contributed by atoms with Gasteiger partial charge >= 0.3 is 6.03 Å². The molecule has 0 spiro atoms. The molecule has 170 valence electrons. The van der Waals surface area contributed by atoms with Gasteiger partial charge in [0.1, 0.15) is 6.33 Å². The van der Waals surface area contributed by atoms with E-state index in [0.717, 1.165) is 28.6 Å². The van der Waals surface area contributed by atoms with Crippen LogP contribution in [-0.4, -0.2) is 48.5 Å². The van der Waals surface area contributed by atoms with Gasteiger partial charge in [-0.25, -0.2) is 23.2 Å². The van der Waals surface area contributed by atoms with Gasteiger partial charge < -0.3 is 10.2 Å². The highest BCUT2D eigenvalue weighted by molar-refractivity contribution is 7.90. The molecule has 1 aromatic heterocycles. The second kappa shape index (κ2) is 8.99. The monoisotopic (exact) mass is 465 g/mol. The molecule has 9 nitrogen and oxygen atoms in total. The Morgan fingerprint density at radius 3 is 2.42 bits per heavy atom. The molecule has 1 N–H and O–H groups in total. The van der Waals surface area contributed by atoms with E-state index in [0.29, 0.717) is 25.2 Å². The van der Waals surface area contributed by atoms with Gasteiger partial charge in [-0.3, -0.25) is 9.69 Å². The average Bonchev–Trinajstić information content (AvgIpc) is 2.81. The molecule has 0 saturated carbocycles. The highest BCUT2D eigenvalue weighted by atomic mass is 32.2. The van der Waals surface area contributed by atoms with Crippen LogP contribution >= 0.6 is 0 Å². The zero-order valence-corrected chi connectivity index (χ0v) is 19.0. The Hall–Kier alpha value is -3.79. The molecule has 1 aliphatic heterocycles. The number of anilines is 1. The molecule has 3 amide bonds. The van der Waals surface area contributed by atoms with E-state index in [1.54, 1.807) is 59.6 Å². The average molecular weight is 466 g/mol. The lowest BCUT2D eigenvalue weighted by Crippen LogP contribution is -2.44. The Kier molecular flexibility index (Phi) is 6.10. The third kappa shape index (κ3) is 5.01. The van der Waals surface area contributed by atoms with E-state index < -0.39 is 9.84 Å². The number of hydrogen-bond donors (Lipinski definition) is 1. The first kappa shape index (κ1) is 22.4. The van der Waals surface area contributed by atoms with Gasteiger partial charge in [-0.05, 0) is 41.5 Å². The molecule has 0 bridgehead atoms. The van der Waals surface area contributed by atoms with Gasteiger partial charge in [0, 0.05) is 56.5 Å². The molecule has 33 heavy (non-hydrogen) atoms. The second-order valence-corrected chi connectivity index (χ2v) is 9.90. The van der Waals surface area contributed by atoms with Crippen molar-refractivity contribution in [3.05, 3.63) is 83.4 Å². The Bertz CT molecular complexity index is 1290. The molecule has 3 aromatic rings. The number of nitrogens with one attached hydrogen (secondary N) is 1. The molecule has 0 fully saturated rings. The summed E-state index contributed by atoms with van der Waals surface area (Å²) in [6.45, 7) is 0.960. The third-order valence-electron chi connectivity index (χ3n) is 5.41. The fraction of sp³-hybridized carbons (Fsp3) is 0.217. The van der Waals surface area contributed by atoms with Crippen LogP contribution < -0.4 is 10.2 Å². The lowest BCUT2D eigenvalue weighted by atomic mass is 10.0. The fourth-order valence-electron chi connectivity index (χ4n) is 3.66. The van der Waals surface area contributed by atoms with E-state index in [2.05, 4.69) is 15.3 Å². The van der Waals surface area contributed by atoms with Crippen LogP contribution in [0.5, 0.6) is 0 Å². The topological polar surface area (TPSA) is 113 Å². The zero-order valence-electron chi connectivity index (χ0n) is 18.2. The Labute approximate surface area is 192 Å². The van der Waals surface area contributed by atoms with E-state index in [-0.39, 0.29) is 16.8 Å². The number of aromatic nitrogens is 2. The quantitative estimate of drug-likeness (QED) is 0.598. The van der Waals surface area contributed by atoms with Crippen molar-refractivity contribution < 1.29 is 18.0 Å². The van der Waals surface area contributed by atoms with Crippen LogP contribution in [0.25, 0.3) is 0 Å². The van der Waals surface area contributed by atoms with Crippen LogP contribution in [0, 0.1) is 0 Å². The summed E-state index contributed by atoms with van der Waals surface area (Å²) in [6.07, 6.45) is 5.87. The number of nitrogens with zero attached hydrogens (tertiary/aromatic N) is 4. The molecule has 0 atom stereocenters. The van der Waals surface area contributed by atoms with Crippen molar-refractivity contribution >= 4 is 27.5 Å². The van der Waals surface area contributed by atoms with Crippen LogP contribution in [0.15, 0.2) is 66.1 Å². The molecule has 0 aliphatic carbocycles. The molecule has 10 heteroatoms. The summed E-state index contributed by atoms with van der Waals surface area (Å²) in [5, 5.41) is 2.85. The lowest BCUT2D eigenvalue weighted by molar-refractivity contribution is 0.0950. The normalized spacial score (nSPS) is 13.6. The van der Waals surface area contributed by atoms with Gasteiger partial charge in [0.25, 0.3) is 5.91 Å². The van der Waals surface area contributed by atoms with Gasteiger partial charge in [-0.1, -0.05) is 12.1 Å². The van der Waals surface area contributed by atoms with Gasteiger partial charge in [-0.2, -0.15) is 0 Å². The molecule has 1 aliphatic rings. The Morgan fingerprint density at radius 1 is 1.06 bits per heavy atom. The Balaban J connectivity index is 1.49. The fourth-order valence-corrected chi connectivity index (χ4v) is 4.29. The minimum absolute atomic E-state index is 0.170. The highest BCUT2D eigenvalue weighted by Crippen LogP contribution is 2.29. The van der Waals surface area contributed by atoms with Crippen molar-refractivity contribution in [3.8, 4) is 0 Å². The van der Waals surface area contributed by atoms with Crippen LogP contribution in [0.2, 0.25) is 0 Å². The maximum absolute atomic E-state index is 12.9. The number of benzene rings is 2. The van der Waals surface area contributed by atoms with E-state index in [9.17, 15) is 18.0 Å². The zero-order chi connectivity index (χ0) is 23.6. The van der Waals surface area contributed by atoms with Crippen molar-refractivity contribution in [1.82, 2.24) is 20.2 Å². The SMILES string of the molecule is CN1C(=O)N(Cc2ccc(S(C)(=O)=O)cc2)Cc2cc(C(=O)NCc3cncnc3)ccc21. The molecule has 2 aromatic carbocycles.